The van der Waals surface area contributed by atoms with E-state index in [1.165, 1.54) is 25.7 Å². The molecule has 1 aliphatic heterocycles. The van der Waals surface area contributed by atoms with Crippen LogP contribution in [0.2, 0.25) is 0 Å². The summed E-state index contributed by atoms with van der Waals surface area (Å²) in [4.78, 5) is 11.9. The maximum absolute atomic E-state index is 11.9. The molecule has 4 nitrogen and oxygen atoms in total. The molecule has 4 heteroatoms. The minimum absolute atomic E-state index is 0.0582. The molecule has 112 valence electrons. The molecule has 19 heavy (non-hydrogen) atoms. The van der Waals surface area contributed by atoms with Gasteiger partial charge in [-0.1, -0.05) is 39.5 Å². The second kappa shape index (κ2) is 9.32. The van der Waals surface area contributed by atoms with Gasteiger partial charge >= 0.3 is 0 Å². The van der Waals surface area contributed by atoms with Gasteiger partial charge in [0.05, 0.1) is 6.04 Å². The van der Waals surface area contributed by atoms with Gasteiger partial charge in [0.1, 0.15) is 0 Å². The molecule has 2 unspecified atom stereocenters. The first-order valence-corrected chi connectivity index (χ1v) is 7.84. The van der Waals surface area contributed by atoms with E-state index in [-0.39, 0.29) is 11.9 Å². The van der Waals surface area contributed by atoms with Crippen LogP contribution in [-0.4, -0.2) is 37.6 Å². The van der Waals surface area contributed by atoms with Crippen LogP contribution in [0.5, 0.6) is 0 Å². The smallest absolute Gasteiger partial charge is 0.238 e. The molecule has 0 aromatic carbocycles. The van der Waals surface area contributed by atoms with E-state index in [2.05, 4.69) is 36.7 Å². The van der Waals surface area contributed by atoms with Gasteiger partial charge in [-0.3, -0.25) is 4.79 Å². The van der Waals surface area contributed by atoms with Crippen molar-refractivity contribution in [3.8, 4) is 0 Å². The summed E-state index contributed by atoms with van der Waals surface area (Å²) in [5.41, 5.74) is 0. The predicted molar refractivity (Wildman–Crippen MR) is 80.2 cm³/mol. The summed E-state index contributed by atoms with van der Waals surface area (Å²) in [5.74, 6) is 0.952. The summed E-state index contributed by atoms with van der Waals surface area (Å²) >= 11 is 0. The van der Waals surface area contributed by atoms with Crippen molar-refractivity contribution in [2.24, 2.45) is 5.92 Å². The largest absolute Gasteiger partial charge is 0.355 e. The van der Waals surface area contributed by atoms with Crippen LogP contribution in [0.1, 0.15) is 52.9 Å². The Bertz CT molecular complexity index is 248. The van der Waals surface area contributed by atoms with E-state index in [4.69, 9.17) is 0 Å². The van der Waals surface area contributed by atoms with E-state index in [1.807, 2.05) is 0 Å². The lowest BCUT2D eigenvalue weighted by Gasteiger charge is -2.28. The molecule has 0 saturated carbocycles. The maximum atomic E-state index is 11.9. The zero-order valence-electron chi connectivity index (χ0n) is 12.8. The van der Waals surface area contributed by atoms with Crippen molar-refractivity contribution in [3.63, 3.8) is 0 Å². The van der Waals surface area contributed by atoms with E-state index in [0.29, 0.717) is 6.04 Å². The first-order valence-electron chi connectivity index (χ1n) is 7.84. The minimum atomic E-state index is -0.0582. The van der Waals surface area contributed by atoms with Crippen LogP contribution in [0.15, 0.2) is 0 Å². The van der Waals surface area contributed by atoms with Crippen molar-refractivity contribution in [1.82, 2.24) is 16.0 Å². The van der Waals surface area contributed by atoms with E-state index < -0.39 is 0 Å². The zero-order chi connectivity index (χ0) is 14.1. The standard InChI is InChI=1S/C15H31N3O/c1-12(2)8-6-4-5-7-9-16-15(19)14-11-17-13(3)10-18-14/h12-14,17-18H,4-11H2,1-3H3,(H,16,19). The Morgan fingerprint density at radius 2 is 1.89 bits per heavy atom. The topological polar surface area (TPSA) is 53.2 Å². The summed E-state index contributed by atoms with van der Waals surface area (Å²) < 4.78 is 0. The summed E-state index contributed by atoms with van der Waals surface area (Å²) in [6, 6.07) is 0.405. The summed E-state index contributed by atoms with van der Waals surface area (Å²) in [6.07, 6.45) is 6.25. The molecule has 1 amide bonds. The van der Waals surface area contributed by atoms with E-state index in [9.17, 15) is 4.79 Å². The average molecular weight is 269 g/mol. The molecular weight excluding hydrogens is 238 g/mol. The highest BCUT2D eigenvalue weighted by atomic mass is 16.2. The van der Waals surface area contributed by atoms with Crippen LogP contribution in [0.25, 0.3) is 0 Å². The van der Waals surface area contributed by atoms with Gasteiger partial charge < -0.3 is 16.0 Å². The fraction of sp³-hybridized carbons (Fsp3) is 0.933. The second-order valence-corrected chi connectivity index (χ2v) is 6.16. The number of unbranched alkanes of at least 4 members (excludes halogenated alkanes) is 3. The van der Waals surface area contributed by atoms with Crippen molar-refractivity contribution in [3.05, 3.63) is 0 Å². The number of hydrogen-bond donors (Lipinski definition) is 3. The van der Waals surface area contributed by atoms with E-state index >= 15 is 0 Å². The first kappa shape index (κ1) is 16.4. The van der Waals surface area contributed by atoms with Crippen LogP contribution >= 0.6 is 0 Å². The minimum Gasteiger partial charge on any atom is -0.355 e. The van der Waals surface area contributed by atoms with Gasteiger partial charge in [0.15, 0.2) is 0 Å². The van der Waals surface area contributed by atoms with Crippen molar-refractivity contribution in [1.29, 1.82) is 0 Å². The molecule has 1 fully saturated rings. The highest BCUT2D eigenvalue weighted by Crippen LogP contribution is 2.08. The third-order valence-electron chi connectivity index (χ3n) is 3.66. The average Bonchev–Trinajstić information content (AvgIpc) is 2.38. The number of carbonyl (C=O) groups is 1. The van der Waals surface area contributed by atoms with Crippen molar-refractivity contribution in [2.45, 2.75) is 65.0 Å². The highest BCUT2D eigenvalue weighted by Gasteiger charge is 2.22. The number of rotatable bonds is 8. The number of piperazine rings is 1. The monoisotopic (exact) mass is 269 g/mol. The number of nitrogens with one attached hydrogen (secondary N) is 3. The van der Waals surface area contributed by atoms with Gasteiger partial charge in [-0.2, -0.15) is 0 Å². The van der Waals surface area contributed by atoms with Crippen LogP contribution in [0.4, 0.5) is 0 Å². The fourth-order valence-electron chi connectivity index (χ4n) is 2.33. The highest BCUT2D eigenvalue weighted by molar-refractivity contribution is 5.82. The van der Waals surface area contributed by atoms with Crippen LogP contribution in [0.3, 0.4) is 0 Å². The molecule has 0 aromatic rings. The Morgan fingerprint density at radius 3 is 2.53 bits per heavy atom. The predicted octanol–water partition coefficient (Wildman–Crippen LogP) is 1.66. The lowest BCUT2D eigenvalue weighted by Crippen LogP contribution is -2.58. The van der Waals surface area contributed by atoms with Crippen molar-refractivity contribution >= 4 is 5.91 Å². The van der Waals surface area contributed by atoms with Gasteiger partial charge in [0.2, 0.25) is 5.91 Å². The molecule has 0 spiro atoms. The molecule has 0 bridgehead atoms. The Kier molecular flexibility index (Phi) is 8.07. The summed E-state index contributed by atoms with van der Waals surface area (Å²) in [6.45, 7) is 9.08. The van der Waals surface area contributed by atoms with Crippen LogP contribution < -0.4 is 16.0 Å². The third kappa shape index (κ3) is 7.53. The molecule has 0 aliphatic carbocycles. The van der Waals surface area contributed by atoms with E-state index in [0.717, 1.165) is 32.0 Å². The van der Waals surface area contributed by atoms with E-state index in [1.54, 1.807) is 0 Å². The molecular formula is C15H31N3O. The molecule has 1 saturated heterocycles. The molecule has 1 heterocycles. The van der Waals surface area contributed by atoms with Gasteiger partial charge in [0, 0.05) is 25.7 Å². The summed E-state index contributed by atoms with van der Waals surface area (Å²) in [7, 11) is 0. The quantitative estimate of drug-likeness (QED) is 0.587. The Hall–Kier alpha value is -0.610. The van der Waals surface area contributed by atoms with Crippen molar-refractivity contribution < 1.29 is 4.79 Å². The molecule has 0 radical (unpaired) electrons. The van der Waals surface area contributed by atoms with Crippen LogP contribution in [-0.2, 0) is 4.79 Å². The lowest BCUT2D eigenvalue weighted by atomic mass is 10.0. The number of hydrogen-bond acceptors (Lipinski definition) is 3. The molecule has 2 atom stereocenters. The fourth-order valence-corrected chi connectivity index (χ4v) is 2.33. The number of carbonyl (C=O) groups excluding carboxylic acids is 1. The molecule has 1 aliphatic rings. The maximum Gasteiger partial charge on any atom is 0.238 e. The normalized spacial score (nSPS) is 23.6. The Labute approximate surface area is 118 Å². The third-order valence-corrected chi connectivity index (χ3v) is 3.66. The van der Waals surface area contributed by atoms with Gasteiger partial charge in [-0.05, 0) is 19.3 Å². The first-order chi connectivity index (χ1) is 9.09. The summed E-state index contributed by atoms with van der Waals surface area (Å²) in [5, 5.41) is 9.61. The molecule has 3 N–H and O–H groups in total. The van der Waals surface area contributed by atoms with Gasteiger partial charge in [0.25, 0.3) is 0 Å². The lowest BCUT2D eigenvalue weighted by molar-refractivity contribution is -0.123. The van der Waals surface area contributed by atoms with Crippen LogP contribution in [0, 0.1) is 5.92 Å². The molecule has 1 rings (SSSR count). The van der Waals surface area contributed by atoms with Crippen molar-refractivity contribution in [2.75, 3.05) is 19.6 Å². The zero-order valence-corrected chi connectivity index (χ0v) is 12.8. The number of amides is 1. The Morgan fingerprint density at radius 1 is 1.16 bits per heavy atom. The molecule has 0 aromatic heterocycles. The van der Waals surface area contributed by atoms with Gasteiger partial charge in [-0.15, -0.1) is 0 Å². The Balaban J connectivity index is 1.95. The SMILES string of the molecule is CC(C)CCCCCCNC(=O)C1CNC(C)CN1. The van der Waals surface area contributed by atoms with Gasteiger partial charge in [-0.25, -0.2) is 0 Å². The second-order valence-electron chi connectivity index (χ2n) is 6.16.